The minimum Gasteiger partial charge on any atom is -0.507 e. The maximum atomic E-state index is 10.1. The molecule has 1 heterocycles. The molecule has 0 aliphatic heterocycles. The molecule has 0 fully saturated rings. The molecule has 1 aromatic heterocycles. The molecule has 0 amide bonds. The summed E-state index contributed by atoms with van der Waals surface area (Å²) in [7, 11) is 0. The zero-order valence-electron chi connectivity index (χ0n) is 14.2. The van der Waals surface area contributed by atoms with Gasteiger partial charge in [-0.3, -0.25) is 4.99 Å². The van der Waals surface area contributed by atoms with Crippen molar-refractivity contribution in [1.82, 2.24) is 4.98 Å². The van der Waals surface area contributed by atoms with Crippen LogP contribution in [0.1, 0.15) is 5.56 Å². The molecule has 136 valence electrons. The van der Waals surface area contributed by atoms with Gasteiger partial charge in [0.1, 0.15) is 11.5 Å². The molecule has 0 atom stereocenters. The van der Waals surface area contributed by atoms with Gasteiger partial charge < -0.3 is 10.2 Å². The normalized spacial score (nSPS) is 10.8. The fourth-order valence-electron chi connectivity index (χ4n) is 2.81. The minimum absolute atomic E-state index is 0. The predicted octanol–water partition coefficient (Wildman–Crippen LogP) is 5.06. The van der Waals surface area contributed by atoms with Crippen molar-refractivity contribution < 1.29 is 31.3 Å². The van der Waals surface area contributed by atoms with Gasteiger partial charge in [0.15, 0.2) is 0 Å². The SMILES string of the molecule is Oc1ccccc1C=Nc1cccc2ccc(-c3ccccc3O)nc12.[Pt]. The molecule has 4 aromatic rings. The summed E-state index contributed by atoms with van der Waals surface area (Å²) in [4.78, 5) is 9.22. The van der Waals surface area contributed by atoms with E-state index in [4.69, 9.17) is 4.98 Å². The Morgan fingerprint density at radius 2 is 1.48 bits per heavy atom. The number of rotatable bonds is 3. The minimum atomic E-state index is 0. The maximum Gasteiger partial charge on any atom is 0.124 e. The molecule has 27 heavy (non-hydrogen) atoms. The zero-order valence-corrected chi connectivity index (χ0v) is 16.5. The molecule has 0 aliphatic carbocycles. The summed E-state index contributed by atoms with van der Waals surface area (Å²) in [5, 5.41) is 20.9. The molecule has 0 radical (unpaired) electrons. The van der Waals surface area contributed by atoms with E-state index < -0.39 is 0 Å². The summed E-state index contributed by atoms with van der Waals surface area (Å²) in [6.45, 7) is 0. The summed E-state index contributed by atoms with van der Waals surface area (Å²) in [5.41, 5.74) is 3.43. The molecule has 0 aliphatic rings. The number of phenolic OH excluding ortho intramolecular Hbond substituents is 2. The molecule has 0 unspecified atom stereocenters. The van der Waals surface area contributed by atoms with Gasteiger partial charge in [-0.1, -0.05) is 42.5 Å². The van der Waals surface area contributed by atoms with Crippen molar-refractivity contribution in [3.05, 3.63) is 84.4 Å². The second-order valence-corrected chi connectivity index (χ2v) is 5.88. The van der Waals surface area contributed by atoms with Gasteiger partial charge in [-0.15, -0.1) is 0 Å². The first-order valence-corrected chi connectivity index (χ1v) is 8.22. The van der Waals surface area contributed by atoms with Gasteiger partial charge in [-0.05, 0) is 36.4 Å². The Hall–Kier alpha value is -2.97. The average Bonchev–Trinajstić information content (AvgIpc) is 2.67. The number of pyridine rings is 1. The van der Waals surface area contributed by atoms with Gasteiger partial charge in [0.25, 0.3) is 0 Å². The van der Waals surface area contributed by atoms with Crippen LogP contribution in [-0.2, 0) is 21.1 Å². The number of aliphatic imine (C=N–C) groups is 1. The molecule has 0 spiro atoms. The fourth-order valence-corrected chi connectivity index (χ4v) is 2.81. The van der Waals surface area contributed by atoms with E-state index in [1.165, 1.54) is 0 Å². The molecular formula is C22H16N2O2Pt. The van der Waals surface area contributed by atoms with Crippen LogP contribution in [-0.4, -0.2) is 21.4 Å². The number of hydrogen-bond acceptors (Lipinski definition) is 4. The number of fused-ring (bicyclic) bond motifs is 1. The largest absolute Gasteiger partial charge is 0.507 e. The van der Waals surface area contributed by atoms with Crippen LogP contribution < -0.4 is 0 Å². The Kier molecular flexibility index (Phi) is 5.68. The molecule has 0 bridgehead atoms. The number of benzene rings is 3. The van der Waals surface area contributed by atoms with Crippen molar-refractivity contribution in [3.63, 3.8) is 0 Å². The van der Waals surface area contributed by atoms with E-state index in [2.05, 4.69) is 4.99 Å². The standard InChI is InChI=1S/C22H16N2O2.Pt/c25-20-10-3-1-6-16(20)14-23-19-9-5-7-15-12-13-18(24-22(15)19)17-8-2-4-11-21(17)26;/h1-14,25-26H;. The van der Waals surface area contributed by atoms with E-state index >= 15 is 0 Å². The molecule has 4 rings (SSSR count). The van der Waals surface area contributed by atoms with E-state index in [-0.39, 0.29) is 32.6 Å². The Morgan fingerprint density at radius 1 is 0.741 bits per heavy atom. The predicted molar refractivity (Wildman–Crippen MR) is 104 cm³/mol. The van der Waals surface area contributed by atoms with Crippen LogP contribution >= 0.6 is 0 Å². The van der Waals surface area contributed by atoms with Crippen LogP contribution in [0.2, 0.25) is 0 Å². The summed E-state index contributed by atoms with van der Waals surface area (Å²) >= 11 is 0. The van der Waals surface area contributed by atoms with Crippen molar-refractivity contribution in [2.45, 2.75) is 0 Å². The molecular weight excluding hydrogens is 519 g/mol. The molecule has 2 N–H and O–H groups in total. The van der Waals surface area contributed by atoms with Gasteiger partial charge in [0.2, 0.25) is 0 Å². The Balaban J connectivity index is 0.00000210. The van der Waals surface area contributed by atoms with E-state index in [1.807, 2.05) is 48.5 Å². The van der Waals surface area contributed by atoms with Crippen LogP contribution in [0.3, 0.4) is 0 Å². The molecule has 0 saturated heterocycles. The van der Waals surface area contributed by atoms with Gasteiger partial charge in [-0.2, -0.15) is 0 Å². The van der Waals surface area contributed by atoms with E-state index in [1.54, 1.807) is 36.5 Å². The zero-order chi connectivity index (χ0) is 17.9. The molecule has 5 heteroatoms. The Bertz CT molecular complexity index is 1130. The topological polar surface area (TPSA) is 65.7 Å². The number of phenols is 2. The molecule has 3 aromatic carbocycles. The van der Waals surface area contributed by atoms with Crippen LogP contribution in [0, 0.1) is 0 Å². The number of aromatic hydroxyl groups is 2. The number of aromatic nitrogens is 1. The number of nitrogens with zero attached hydrogens (tertiary/aromatic N) is 2. The quantitative estimate of drug-likeness (QED) is 0.361. The van der Waals surface area contributed by atoms with Crippen molar-refractivity contribution in [1.29, 1.82) is 0 Å². The molecule has 0 saturated carbocycles. The number of hydrogen-bond donors (Lipinski definition) is 2. The summed E-state index contributed by atoms with van der Waals surface area (Å²) in [6.07, 6.45) is 1.62. The second kappa shape index (κ2) is 8.15. The third-order valence-electron chi connectivity index (χ3n) is 4.16. The van der Waals surface area contributed by atoms with E-state index in [0.29, 0.717) is 22.5 Å². The van der Waals surface area contributed by atoms with Crippen LogP contribution in [0.5, 0.6) is 11.5 Å². The average molecular weight is 535 g/mol. The summed E-state index contributed by atoms with van der Waals surface area (Å²) < 4.78 is 0. The van der Waals surface area contributed by atoms with Gasteiger partial charge >= 0.3 is 0 Å². The first-order valence-electron chi connectivity index (χ1n) is 8.22. The van der Waals surface area contributed by atoms with Crippen molar-refractivity contribution in [2.75, 3.05) is 0 Å². The summed E-state index contributed by atoms with van der Waals surface area (Å²) in [5.74, 6) is 0.369. The van der Waals surface area contributed by atoms with E-state index in [0.717, 1.165) is 10.9 Å². The van der Waals surface area contributed by atoms with Gasteiger partial charge in [0.05, 0.1) is 16.9 Å². The van der Waals surface area contributed by atoms with Crippen molar-refractivity contribution >= 4 is 22.8 Å². The monoisotopic (exact) mass is 535 g/mol. The van der Waals surface area contributed by atoms with Crippen molar-refractivity contribution in [3.8, 4) is 22.8 Å². The number of para-hydroxylation sites is 3. The van der Waals surface area contributed by atoms with Crippen LogP contribution in [0.25, 0.3) is 22.2 Å². The van der Waals surface area contributed by atoms with Gasteiger partial charge in [-0.25, -0.2) is 4.98 Å². The third kappa shape index (κ3) is 3.91. The third-order valence-corrected chi connectivity index (χ3v) is 4.16. The molecule has 4 nitrogen and oxygen atoms in total. The van der Waals surface area contributed by atoms with Gasteiger partial charge in [0, 0.05) is 43.8 Å². The first kappa shape index (κ1) is 18.8. The first-order chi connectivity index (χ1) is 12.7. The van der Waals surface area contributed by atoms with Crippen LogP contribution in [0.15, 0.2) is 83.9 Å². The Labute approximate surface area is 171 Å². The maximum absolute atomic E-state index is 10.1. The Morgan fingerprint density at radius 3 is 2.26 bits per heavy atom. The van der Waals surface area contributed by atoms with E-state index in [9.17, 15) is 10.2 Å². The smallest absolute Gasteiger partial charge is 0.124 e. The second-order valence-electron chi connectivity index (χ2n) is 5.88. The van der Waals surface area contributed by atoms with Crippen LogP contribution in [0.4, 0.5) is 5.69 Å². The summed E-state index contributed by atoms with van der Waals surface area (Å²) in [6, 6.07) is 23.8. The fraction of sp³-hybridized carbons (Fsp3) is 0. The van der Waals surface area contributed by atoms with Crippen molar-refractivity contribution in [2.24, 2.45) is 4.99 Å².